The van der Waals surface area contributed by atoms with E-state index in [1.807, 2.05) is 12.1 Å². The predicted molar refractivity (Wildman–Crippen MR) is 95.1 cm³/mol. The normalized spacial score (nSPS) is 12.3. The maximum absolute atomic E-state index is 11.9. The standard InChI is InChI=1S/C18H23N3O5/c1-18(2,3)26-17(24)20-14(16(22)23)9-12-10-19-21-15(12)11-5-7-13(25-4)8-6-11/h5-8,10,14H,9H2,1-4H3,(H,19,21)(H,20,24)(H,22,23). The molecule has 1 amide bonds. The number of alkyl carbamates (subject to hydrolysis) is 1. The Kier molecular flexibility index (Phi) is 5.86. The average molecular weight is 361 g/mol. The molecule has 1 heterocycles. The molecule has 2 rings (SSSR count). The summed E-state index contributed by atoms with van der Waals surface area (Å²) >= 11 is 0. The molecule has 0 aliphatic carbocycles. The van der Waals surface area contributed by atoms with Crippen LogP contribution in [0.2, 0.25) is 0 Å². The molecule has 0 aliphatic rings. The molecule has 0 spiro atoms. The van der Waals surface area contributed by atoms with Crippen molar-refractivity contribution < 1.29 is 24.2 Å². The number of aromatic nitrogens is 2. The Morgan fingerprint density at radius 3 is 2.46 bits per heavy atom. The molecule has 140 valence electrons. The third-order valence-corrected chi connectivity index (χ3v) is 3.51. The van der Waals surface area contributed by atoms with Gasteiger partial charge in [-0.3, -0.25) is 5.10 Å². The topological polar surface area (TPSA) is 114 Å². The third kappa shape index (κ3) is 5.23. The number of aromatic amines is 1. The van der Waals surface area contributed by atoms with E-state index in [9.17, 15) is 14.7 Å². The molecule has 2 aromatic rings. The third-order valence-electron chi connectivity index (χ3n) is 3.51. The number of ether oxygens (including phenoxy) is 2. The lowest BCUT2D eigenvalue weighted by atomic mass is 10.0. The van der Waals surface area contributed by atoms with Gasteiger partial charge in [0.15, 0.2) is 0 Å². The van der Waals surface area contributed by atoms with Crippen molar-refractivity contribution in [3.8, 4) is 17.0 Å². The van der Waals surface area contributed by atoms with Crippen LogP contribution >= 0.6 is 0 Å². The highest BCUT2D eigenvalue weighted by atomic mass is 16.6. The number of carboxylic acids is 1. The fourth-order valence-corrected chi connectivity index (χ4v) is 2.34. The van der Waals surface area contributed by atoms with Crippen LogP contribution in [0.3, 0.4) is 0 Å². The van der Waals surface area contributed by atoms with E-state index < -0.39 is 23.7 Å². The summed E-state index contributed by atoms with van der Waals surface area (Å²) in [7, 11) is 1.58. The smallest absolute Gasteiger partial charge is 0.408 e. The maximum Gasteiger partial charge on any atom is 0.408 e. The highest BCUT2D eigenvalue weighted by Gasteiger charge is 2.25. The second-order valence-electron chi connectivity index (χ2n) is 6.74. The van der Waals surface area contributed by atoms with Gasteiger partial charge in [0.05, 0.1) is 19.0 Å². The molecule has 0 bridgehead atoms. The number of amides is 1. The lowest BCUT2D eigenvalue weighted by molar-refractivity contribution is -0.139. The first-order valence-corrected chi connectivity index (χ1v) is 8.08. The molecule has 0 aliphatic heterocycles. The van der Waals surface area contributed by atoms with Gasteiger partial charge in [-0.05, 0) is 45.0 Å². The highest BCUT2D eigenvalue weighted by Crippen LogP contribution is 2.24. The first-order valence-electron chi connectivity index (χ1n) is 8.08. The largest absolute Gasteiger partial charge is 0.497 e. The Morgan fingerprint density at radius 2 is 1.92 bits per heavy atom. The molecule has 3 N–H and O–H groups in total. The minimum absolute atomic E-state index is 0.0619. The number of rotatable bonds is 6. The maximum atomic E-state index is 11.9. The average Bonchev–Trinajstić information content (AvgIpc) is 3.00. The van der Waals surface area contributed by atoms with E-state index in [4.69, 9.17) is 9.47 Å². The zero-order valence-electron chi connectivity index (χ0n) is 15.2. The van der Waals surface area contributed by atoms with Crippen molar-refractivity contribution in [3.05, 3.63) is 36.0 Å². The Bertz CT molecular complexity index is 762. The molecule has 0 saturated heterocycles. The fraction of sp³-hybridized carbons (Fsp3) is 0.389. The number of hydrogen-bond acceptors (Lipinski definition) is 5. The molecule has 8 heteroatoms. The van der Waals surface area contributed by atoms with Gasteiger partial charge in [0.25, 0.3) is 0 Å². The summed E-state index contributed by atoms with van der Waals surface area (Å²) in [5.74, 6) is -0.442. The summed E-state index contributed by atoms with van der Waals surface area (Å²) in [4.78, 5) is 23.4. The number of nitrogens with one attached hydrogen (secondary N) is 2. The molecule has 26 heavy (non-hydrogen) atoms. The number of nitrogens with zero attached hydrogens (tertiary/aromatic N) is 1. The van der Waals surface area contributed by atoms with E-state index in [-0.39, 0.29) is 6.42 Å². The summed E-state index contributed by atoms with van der Waals surface area (Å²) in [6, 6.07) is 6.14. The second kappa shape index (κ2) is 7.90. The van der Waals surface area contributed by atoms with E-state index in [2.05, 4.69) is 15.5 Å². The van der Waals surface area contributed by atoms with E-state index >= 15 is 0 Å². The molecular formula is C18H23N3O5. The summed E-state index contributed by atoms with van der Waals surface area (Å²) in [5.41, 5.74) is 1.47. The van der Waals surface area contributed by atoms with Crippen molar-refractivity contribution in [1.82, 2.24) is 15.5 Å². The molecule has 0 radical (unpaired) electrons. The van der Waals surface area contributed by atoms with Crippen molar-refractivity contribution in [1.29, 1.82) is 0 Å². The van der Waals surface area contributed by atoms with Crippen LogP contribution in [-0.2, 0) is 16.0 Å². The van der Waals surface area contributed by atoms with Crippen molar-refractivity contribution in [2.75, 3.05) is 7.11 Å². The van der Waals surface area contributed by atoms with Gasteiger partial charge in [0.2, 0.25) is 0 Å². The molecule has 1 aromatic carbocycles. The number of aliphatic carboxylic acids is 1. The Balaban J connectivity index is 2.16. The lowest BCUT2D eigenvalue weighted by Crippen LogP contribution is -2.44. The Morgan fingerprint density at radius 1 is 1.27 bits per heavy atom. The quantitative estimate of drug-likeness (QED) is 0.729. The van der Waals surface area contributed by atoms with Crippen molar-refractivity contribution in [3.63, 3.8) is 0 Å². The number of hydrogen-bond donors (Lipinski definition) is 3. The van der Waals surface area contributed by atoms with Crippen LogP contribution in [0.15, 0.2) is 30.5 Å². The van der Waals surface area contributed by atoms with Crippen LogP contribution < -0.4 is 10.1 Å². The first-order chi connectivity index (χ1) is 12.2. The van der Waals surface area contributed by atoms with Gasteiger partial charge in [-0.2, -0.15) is 5.10 Å². The molecule has 8 nitrogen and oxygen atoms in total. The van der Waals surface area contributed by atoms with Crippen LogP contribution in [0, 0.1) is 0 Å². The highest BCUT2D eigenvalue weighted by molar-refractivity contribution is 5.80. The number of carboxylic acid groups (broad SMARTS) is 1. The summed E-state index contributed by atoms with van der Waals surface area (Å²) < 4.78 is 10.3. The van der Waals surface area contributed by atoms with Crippen LogP contribution in [0.4, 0.5) is 4.79 Å². The number of benzene rings is 1. The molecular weight excluding hydrogens is 338 g/mol. The first kappa shape index (κ1) is 19.3. The van der Waals surface area contributed by atoms with Crippen LogP contribution in [0.1, 0.15) is 26.3 Å². The minimum Gasteiger partial charge on any atom is -0.497 e. The van der Waals surface area contributed by atoms with Crippen molar-refractivity contribution >= 4 is 12.1 Å². The van der Waals surface area contributed by atoms with Gasteiger partial charge in [-0.1, -0.05) is 0 Å². The summed E-state index contributed by atoms with van der Waals surface area (Å²) in [6.45, 7) is 5.13. The number of methoxy groups -OCH3 is 1. The zero-order chi connectivity index (χ0) is 19.3. The van der Waals surface area contributed by atoms with Gasteiger partial charge < -0.3 is 19.9 Å². The van der Waals surface area contributed by atoms with Crippen LogP contribution in [0.25, 0.3) is 11.3 Å². The zero-order valence-corrected chi connectivity index (χ0v) is 15.2. The number of H-pyrrole nitrogens is 1. The molecule has 1 atom stereocenters. The predicted octanol–water partition coefficient (Wildman–Crippen LogP) is 2.61. The number of carbonyl (C=O) groups is 2. The monoisotopic (exact) mass is 361 g/mol. The Labute approximate surface area is 151 Å². The SMILES string of the molecule is COc1ccc(-c2[nH]ncc2CC(NC(=O)OC(C)(C)C)C(=O)O)cc1. The van der Waals surface area contributed by atoms with Crippen LogP contribution in [0.5, 0.6) is 5.75 Å². The van der Waals surface area contributed by atoms with E-state index in [0.717, 1.165) is 5.56 Å². The van der Waals surface area contributed by atoms with E-state index in [0.29, 0.717) is 17.0 Å². The lowest BCUT2D eigenvalue weighted by Gasteiger charge is -2.22. The minimum atomic E-state index is -1.15. The van der Waals surface area contributed by atoms with Gasteiger partial charge in [-0.15, -0.1) is 0 Å². The van der Waals surface area contributed by atoms with Gasteiger partial charge >= 0.3 is 12.1 Å². The Hall–Kier alpha value is -3.03. The van der Waals surface area contributed by atoms with Gasteiger partial charge in [0.1, 0.15) is 17.4 Å². The van der Waals surface area contributed by atoms with Crippen LogP contribution in [-0.4, -0.2) is 46.1 Å². The van der Waals surface area contributed by atoms with E-state index in [1.165, 1.54) is 0 Å². The van der Waals surface area contributed by atoms with Crippen molar-refractivity contribution in [2.45, 2.75) is 38.8 Å². The second-order valence-corrected chi connectivity index (χ2v) is 6.74. The molecule has 0 saturated carbocycles. The summed E-state index contributed by atoms with van der Waals surface area (Å²) in [5, 5.41) is 18.7. The van der Waals surface area contributed by atoms with Crippen molar-refractivity contribution in [2.24, 2.45) is 0 Å². The molecule has 0 fully saturated rings. The number of carbonyl (C=O) groups excluding carboxylic acids is 1. The fourth-order valence-electron chi connectivity index (χ4n) is 2.34. The summed E-state index contributed by atoms with van der Waals surface area (Å²) in [6.07, 6.45) is 0.831. The van der Waals surface area contributed by atoms with E-state index in [1.54, 1.807) is 46.2 Å². The molecule has 1 aromatic heterocycles. The van der Waals surface area contributed by atoms with Gasteiger partial charge in [-0.25, -0.2) is 9.59 Å². The molecule has 1 unspecified atom stereocenters. The van der Waals surface area contributed by atoms with Gasteiger partial charge in [0, 0.05) is 17.5 Å².